The van der Waals surface area contributed by atoms with Crippen molar-refractivity contribution < 1.29 is 0 Å². The molecule has 0 amide bonds. The number of rotatable bonds is 5. The molecule has 0 fully saturated rings. The standard InChI is InChI=1S/C12H27N/c1-7-8-10(2)9-11(13-6)12(3,4)5/h10-11,13H,7-9H2,1-6H3. The molecule has 0 radical (unpaired) electrons. The predicted molar refractivity (Wildman–Crippen MR) is 61.0 cm³/mol. The molecular weight excluding hydrogens is 158 g/mol. The summed E-state index contributed by atoms with van der Waals surface area (Å²) in [6.45, 7) is 11.6. The van der Waals surface area contributed by atoms with E-state index in [0.717, 1.165) is 5.92 Å². The minimum atomic E-state index is 0.386. The summed E-state index contributed by atoms with van der Waals surface area (Å²) in [4.78, 5) is 0. The summed E-state index contributed by atoms with van der Waals surface area (Å²) < 4.78 is 0. The van der Waals surface area contributed by atoms with Crippen molar-refractivity contribution in [3.63, 3.8) is 0 Å². The summed E-state index contributed by atoms with van der Waals surface area (Å²) in [5.74, 6) is 0.849. The third-order valence-electron chi connectivity index (χ3n) is 2.81. The highest BCUT2D eigenvalue weighted by molar-refractivity contribution is 4.80. The Bertz CT molecular complexity index is 124. The summed E-state index contributed by atoms with van der Waals surface area (Å²) in [7, 11) is 2.08. The van der Waals surface area contributed by atoms with Crippen LogP contribution in [-0.4, -0.2) is 13.1 Å². The Balaban J connectivity index is 3.98. The quantitative estimate of drug-likeness (QED) is 0.692. The van der Waals surface area contributed by atoms with Gasteiger partial charge in [-0.1, -0.05) is 47.5 Å². The molecule has 0 saturated carbocycles. The van der Waals surface area contributed by atoms with Crippen LogP contribution in [-0.2, 0) is 0 Å². The van der Waals surface area contributed by atoms with Crippen molar-refractivity contribution in [2.24, 2.45) is 11.3 Å². The number of nitrogens with one attached hydrogen (secondary N) is 1. The Hall–Kier alpha value is -0.0400. The molecule has 0 rings (SSSR count). The second kappa shape index (κ2) is 5.64. The summed E-state index contributed by atoms with van der Waals surface area (Å²) >= 11 is 0. The smallest absolute Gasteiger partial charge is 0.0115 e. The van der Waals surface area contributed by atoms with E-state index in [1.54, 1.807) is 0 Å². The van der Waals surface area contributed by atoms with Crippen LogP contribution in [0.1, 0.15) is 53.9 Å². The third-order valence-corrected chi connectivity index (χ3v) is 2.81. The maximum atomic E-state index is 3.43. The molecule has 13 heavy (non-hydrogen) atoms. The lowest BCUT2D eigenvalue weighted by atomic mass is 9.81. The van der Waals surface area contributed by atoms with Crippen LogP contribution in [0.15, 0.2) is 0 Å². The van der Waals surface area contributed by atoms with E-state index < -0.39 is 0 Å². The fraction of sp³-hybridized carbons (Fsp3) is 1.00. The fourth-order valence-corrected chi connectivity index (χ4v) is 1.92. The van der Waals surface area contributed by atoms with Gasteiger partial charge in [0.05, 0.1) is 0 Å². The van der Waals surface area contributed by atoms with Crippen LogP contribution >= 0.6 is 0 Å². The van der Waals surface area contributed by atoms with Crippen LogP contribution in [0.3, 0.4) is 0 Å². The molecule has 2 atom stereocenters. The Morgan fingerprint density at radius 3 is 2.08 bits per heavy atom. The highest BCUT2D eigenvalue weighted by Crippen LogP contribution is 2.25. The van der Waals surface area contributed by atoms with E-state index >= 15 is 0 Å². The number of hydrogen-bond acceptors (Lipinski definition) is 1. The van der Waals surface area contributed by atoms with Crippen LogP contribution in [0.2, 0.25) is 0 Å². The minimum Gasteiger partial charge on any atom is -0.316 e. The van der Waals surface area contributed by atoms with Gasteiger partial charge < -0.3 is 5.32 Å². The molecule has 0 spiro atoms. The molecule has 80 valence electrons. The molecule has 0 saturated heterocycles. The Kier molecular flexibility index (Phi) is 5.62. The second-order valence-electron chi connectivity index (χ2n) is 5.34. The van der Waals surface area contributed by atoms with E-state index in [-0.39, 0.29) is 0 Å². The van der Waals surface area contributed by atoms with Crippen molar-refractivity contribution in [2.75, 3.05) is 7.05 Å². The van der Waals surface area contributed by atoms with Gasteiger partial charge in [-0.05, 0) is 24.8 Å². The molecule has 0 aliphatic heterocycles. The molecule has 0 heterocycles. The van der Waals surface area contributed by atoms with Crippen LogP contribution in [0.25, 0.3) is 0 Å². The van der Waals surface area contributed by atoms with Crippen molar-refractivity contribution in [1.82, 2.24) is 5.32 Å². The Morgan fingerprint density at radius 1 is 1.23 bits per heavy atom. The summed E-state index contributed by atoms with van der Waals surface area (Å²) in [5.41, 5.74) is 0.386. The van der Waals surface area contributed by atoms with Gasteiger partial charge in [-0.15, -0.1) is 0 Å². The van der Waals surface area contributed by atoms with Gasteiger partial charge in [0.1, 0.15) is 0 Å². The third kappa shape index (κ3) is 5.30. The van der Waals surface area contributed by atoms with Gasteiger partial charge in [0.2, 0.25) is 0 Å². The van der Waals surface area contributed by atoms with Crippen LogP contribution in [0.5, 0.6) is 0 Å². The van der Waals surface area contributed by atoms with Crippen LogP contribution < -0.4 is 5.32 Å². The van der Waals surface area contributed by atoms with Gasteiger partial charge in [-0.2, -0.15) is 0 Å². The fourth-order valence-electron chi connectivity index (χ4n) is 1.92. The molecule has 0 aliphatic carbocycles. The van der Waals surface area contributed by atoms with Gasteiger partial charge >= 0.3 is 0 Å². The van der Waals surface area contributed by atoms with E-state index in [0.29, 0.717) is 11.5 Å². The van der Waals surface area contributed by atoms with E-state index in [1.165, 1.54) is 19.3 Å². The van der Waals surface area contributed by atoms with E-state index in [4.69, 9.17) is 0 Å². The first-order valence-corrected chi connectivity index (χ1v) is 5.59. The SMILES string of the molecule is CCCC(C)CC(NC)C(C)(C)C. The summed E-state index contributed by atoms with van der Waals surface area (Å²) in [6, 6.07) is 0.647. The molecule has 0 aromatic rings. The maximum absolute atomic E-state index is 3.43. The zero-order valence-electron chi connectivity index (χ0n) is 10.3. The molecular formula is C12H27N. The van der Waals surface area contributed by atoms with E-state index in [1.807, 2.05) is 0 Å². The van der Waals surface area contributed by atoms with Crippen molar-refractivity contribution in [3.8, 4) is 0 Å². The highest BCUT2D eigenvalue weighted by atomic mass is 14.9. The van der Waals surface area contributed by atoms with Crippen molar-refractivity contribution >= 4 is 0 Å². The average molecular weight is 185 g/mol. The lowest BCUT2D eigenvalue weighted by Crippen LogP contribution is -2.39. The van der Waals surface area contributed by atoms with Gasteiger partial charge in [-0.25, -0.2) is 0 Å². The molecule has 0 aromatic heterocycles. The van der Waals surface area contributed by atoms with Gasteiger partial charge in [-0.3, -0.25) is 0 Å². The highest BCUT2D eigenvalue weighted by Gasteiger charge is 2.24. The van der Waals surface area contributed by atoms with Gasteiger partial charge in [0, 0.05) is 6.04 Å². The predicted octanol–water partition coefficient (Wildman–Crippen LogP) is 3.45. The van der Waals surface area contributed by atoms with E-state index in [2.05, 4.69) is 47.0 Å². The molecule has 0 aliphatic rings. The first kappa shape index (κ1) is 13.0. The van der Waals surface area contributed by atoms with Crippen molar-refractivity contribution in [2.45, 2.75) is 59.9 Å². The maximum Gasteiger partial charge on any atom is 0.0115 e. The first-order valence-electron chi connectivity index (χ1n) is 5.59. The average Bonchev–Trinajstić information content (AvgIpc) is 1.98. The summed E-state index contributed by atoms with van der Waals surface area (Å²) in [5, 5.41) is 3.43. The van der Waals surface area contributed by atoms with Crippen molar-refractivity contribution in [3.05, 3.63) is 0 Å². The molecule has 0 aromatic carbocycles. The zero-order valence-corrected chi connectivity index (χ0v) is 10.3. The first-order chi connectivity index (χ1) is 5.91. The Labute approximate surface area is 84.3 Å². The zero-order chi connectivity index (χ0) is 10.5. The topological polar surface area (TPSA) is 12.0 Å². The minimum absolute atomic E-state index is 0.386. The summed E-state index contributed by atoms with van der Waals surface area (Å²) in [6.07, 6.45) is 3.96. The molecule has 1 N–H and O–H groups in total. The van der Waals surface area contributed by atoms with Crippen LogP contribution in [0, 0.1) is 11.3 Å². The monoisotopic (exact) mass is 185 g/mol. The van der Waals surface area contributed by atoms with E-state index in [9.17, 15) is 0 Å². The number of hydrogen-bond donors (Lipinski definition) is 1. The molecule has 1 nitrogen and oxygen atoms in total. The largest absolute Gasteiger partial charge is 0.316 e. The Morgan fingerprint density at radius 2 is 1.77 bits per heavy atom. The molecule has 0 bridgehead atoms. The van der Waals surface area contributed by atoms with Crippen molar-refractivity contribution in [1.29, 1.82) is 0 Å². The van der Waals surface area contributed by atoms with Gasteiger partial charge in [0.15, 0.2) is 0 Å². The normalized spacial score (nSPS) is 17.1. The molecule has 2 unspecified atom stereocenters. The second-order valence-corrected chi connectivity index (χ2v) is 5.34. The van der Waals surface area contributed by atoms with Gasteiger partial charge in [0.25, 0.3) is 0 Å². The molecule has 1 heteroatoms. The lowest BCUT2D eigenvalue weighted by molar-refractivity contribution is 0.236. The lowest BCUT2D eigenvalue weighted by Gasteiger charge is -2.32. The van der Waals surface area contributed by atoms with Crippen LogP contribution in [0.4, 0.5) is 0 Å².